The van der Waals surface area contributed by atoms with Crippen LogP contribution >= 0.6 is 0 Å². The number of hydrogen-bond donors (Lipinski definition) is 2. The van der Waals surface area contributed by atoms with Crippen LogP contribution < -0.4 is 0 Å². The van der Waals surface area contributed by atoms with Gasteiger partial charge < -0.3 is 10.2 Å². The van der Waals surface area contributed by atoms with E-state index < -0.39 is 0 Å². The van der Waals surface area contributed by atoms with Crippen LogP contribution in [0.15, 0.2) is 0 Å². The van der Waals surface area contributed by atoms with Crippen LogP contribution in [0.4, 0.5) is 0 Å². The zero-order chi connectivity index (χ0) is 19.4. The second-order valence-corrected chi connectivity index (χ2v) is 11.5. The van der Waals surface area contributed by atoms with Crippen molar-refractivity contribution in [2.24, 2.45) is 52.3 Å². The quantitative estimate of drug-likeness (QED) is 0.664. The highest BCUT2D eigenvalue weighted by Gasteiger charge is 2.64. The maximum Gasteiger partial charge on any atom is 0.0581 e. The van der Waals surface area contributed by atoms with Crippen molar-refractivity contribution in [2.45, 2.75) is 98.0 Å². The number of fused-ring (bicyclic) bond motifs is 5. The van der Waals surface area contributed by atoms with Crippen LogP contribution in [-0.2, 0) is 0 Å². The Balaban J connectivity index is 1.67. The van der Waals surface area contributed by atoms with Gasteiger partial charge in [-0.05, 0) is 97.2 Å². The first-order chi connectivity index (χ1) is 12.9. The summed E-state index contributed by atoms with van der Waals surface area (Å²) in [5, 5.41) is 21.1. The summed E-state index contributed by atoms with van der Waals surface area (Å²) in [5.41, 5.74) is 0.655. The molecule has 2 nitrogen and oxygen atoms in total. The third-order valence-corrected chi connectivity index (χ3v) is 10.6. The third-order valence-electron chi connectivity index (χ3n) is 10.6. The van der Waals surface area contributed by atoms with Gasteiger partial charge in [-0.1, -0.05) is 47.0 Å². The summed E-state index contributed by atoms with van der Waals surface area (Å²) in [4.78, 5) is 0. The van der Waals surface area contributed by atoms with Gasteiger partial charge in [0.05, 0.1) is 6.10 Å². The standard InChI is InChI=1S/C25H44O2/c1-5-17-14-18-21-10-9-19(16(2)11-13-26)25(21,4)15-22(27)23(18)24(3)12-7-6-8-20(17)24/h16-23,26-27H,5-15H2,1-4H3/t16?,17-,18?,19+,20-,21?,22-,23?,24-,25?/m0/s1. The first-order valence-electron chi connectivity index (χ1n) is 12.2. The Bertz CT molecular complexity index is 532. The van der Waals surface area contributed by atoms with E-state index in [2.05, 4.69) is 27.7 Å². The fraction of sp³-hybridized carbons (Fsp3) is 1.00. The van der Waals surface area contributed by atoms with Crippen LogP contribution in [0, 0.1) is 52.3 Å². The van der Waals surface area contributed by atoms with E-state index in [4.69, 9.17) is 0 Å². The second kappa shape index (κ2) is 7.31. The Hall–Kier alpha value is -0.0800. The van der Waals surface area contributed by atoms with Crippen molar-refractivity contribution in [1.82, 2.24) is 0 Å². The number of aliphatic hydroxyl groups excluding tert-OH is 2. The molecule has 0 spiro atoms. The molecule has 27 heavy (non-hydrogen) atoms. The maximum absolute atomic E-state index is 11.6. The Morgan fingerprint density at radius 1 is 1.04 bits per heavy atom. The summed E-state index contributed by atoms with van der Waals surface area (Å²) >= 11 is 0. The van der Waals surface area contributed by atoms with Crippen molar-refractivity contribution < 1.29 is 10.2 Å². The summed E-state index contributed by atoms with van der Waals surface area (Å²) in [6, 6.07) is 0. The minimum atomic E-state index is -0.110. The molecule has 4 saturated carbocycles. The van der Waals surface area contributed by atoms with E-state index in [9.17, 15) is 10.2 Å². The molecule has 0 bridgehead atoms. The van der Waals surface area contributed by atoms with Crippen LogP contribution in [0.3, 0.4) is 0 Å². The lowest BCUT2D eigenvalue weighted by Gasteiger charge is -2.64. The van der Waals surface area contributed by atoms with Crippen molar-refractivity contribution in [3.8, 4) is 0 Å². The Kier molecular flexibility index (Phi) is 5.47. The average Bonchev–Trinajstić information content (AvgIpc) is 2.97. The second-order valence-electron chi connectivity index (χ2n) is 11.5. The van der Waals surface area contributed by atoms with E-state index in [-0.39, 0.29) is 11.5 Å². The molecule has 0 aromatic rings. The summed E-state index contributed by atoms with van der Waals surface area (Å²) in [7, 11) is 0. The van der Waals surface area contributed by atoms with Gasteiger partial charge in [-0.2, -0.15) is 0 Å². The van der Waals surface area contributed by atoms with Crippen LogP contribution in [0.2, 0.25) is 0 Å². The van der Waals surface area contributed by atoms with Gasteiger partial charge in [0.25, 0.3) is 0 Å². The van der Waals surface area contributed by atoms with Gasteiger partial charge in [-0.25, -0.2) is 0 Å². The SMILES string of the molecule is CC[C@H]1CC2C3CC[C@H](C(C)CCO)C3(C)C[C@H](O)C2[C@@]2(C)CCCC[C@@H]12. The zero-order valence-electron chi connectivity index (χ0n) is 18.3. The van der Waals surface area contributed by atoms with Crippen LogP contribution in [0.1, 0.15) is 91.9 Å². The molecular formula is C25H44O2. The predicted molar refractivity (Wildman–Crippen MR) is 111 cm³/mol. The first kappa shape index (κ1) is 20.2. The van der Waals surface area contributed by atoms with E-state index in [1.54, 1.807) is 0 Å². The van der Waals surface area contributed by atoms with Crippen molar-refractivity contribution in [3.05, 3.63) is 0 Å². The van der Waals surface area contributed by atoms with Crippen molar-refractivity contribution in [2.75, 3.05) is 6.61 Å². The molecule has 2 heteroatoms. The summed E-state index contributed by atoms with van der Waals surface area (Å²) < 4.78 is 0. The lowest BCUT2D eigenvalue weighted by atomic mass is 9.41. The molecule has 0 aromatic carbocycles. The van der Waals surface area contributed by atoms with Gasteiger partial charge in [0.2, 0.25) is 0 Å². The fourth-order valence-corrected chi connectivity index (χ4v) is 9.53. The Morgan fingerprint density at radius 2 is 1.81 bits per heavy atom. The molecule has 0 amide bonds. The van der Waals surface area contributed by atoms with Gasteiger partial charge in [0.1, 0.15) is 0 Å². The van der Waals surface area contributed by atoms with Gasteiger partial charge in [-0.3, -0.25) is 0 Å². The van der Waals surface area contributed by atoms with Gasteiger partial charge in [0.15, 0.2) is 0 Å². The first-order valence-corrected chi connectivity index (χ1v) is 12.2. The van der Waals surface area contributed by atoms with E-state index in [0.29, 0.717) is 29.8 Å². The minimum absolute atomic E-state index is 0.110. The highest BCUT2D eigenvalue weighted by atomic mass is 16.3. The molecule has 0 aliphatic heterocycles. The number of rotatable bonds is 4. The Morgan fingerprint density at radius 3 is 2.52 bits per heavy atom. The molecule has 4 rings (SSSR count). The molecule has 2 N–H and O–H groups in total. The van der Waals surface area contributed by atoms with Crippen LogP contribution in [0.25, 0.3) is 0 Å². The van der Waals surface area contributed by atoms with E-state index in [0.717, 1.165) is 36.5 Å². The van der Waals surface area contributed by atoms with E-state index in [1.165, 1.54) is 51.4 Å². The number of hydrogen-bond acceptors (Lipinski definition) is 2. The zero-order valence-corrected chi connectivity index (χ0v) is 18.3. The van der Waals surface area contributed by atoms with E-state index >= 15 is 0 Å². The van der Waals surface area contributed by atoms with Crippen LogP contribution in [-0.4, -0.2) is 22.9 Å². The maximum atomic E-state index is 11.6. The van der Waals surface area contributed by atoms with E-state index in [1.807, 2.05) is 0 Å². The van der Waals surface area contributed by atoms with Crippen LogP contribution in [0.5, 0.6) is 0 Å². The predicted octanol–water partition coefficient (Wildman–Crippen LogP) is 5.66. The summed E-state index contributed by atoms with van der Waals surface area (Å²) in [6.07, 6.45) is 12.7. The highest BCUT2D eigenvalue weighted by Crippen LogP contribution is 2.69. The Labute approximate surface area is 167 Å². The van der Waals surface area contributed by atoms with Gasteiger partial charge >= 0.3 is 0 Å². The summed E-state index contributed by atoms with van der Waals surface area (Å²) in [6.45, 7) is 10.2. The topological polar surface area (TPSA) is 40.5 Å². The smallest absolute Gasteiger partial charge is 0.0581 e. The normalized spacial score (nSPS) is 53.3. The molecule has 0 heterocycles. The average molecular weight is 377 g/mol. The molecule has 4 aliphatic rings. The molecule has 0 saturated heterocycles. The monoisotopic (exact) mass is 376 g/mol. The molecule has 4 fully saturated rings. The molecule has 156 valence electrons. The van der Waals surface area contributed by atoms with Gasteiger partial charge in [0, 0.05) is 6.61 Å². The molecule has 0 aromatic heterocycles. The molecule has 0 radical (unpaired) electrons. The van der Waals surface area contributed by atoms with Crippen molar-refractivity contribution >= 4 is 0 Å². The molecular weight excluding hydrogens is 332 g/mol. The lowest BCUT2D eigenvalue weighted by molar-refractivity contribution is -0.187. The van der Waals surface area contributed by atoms with Crippen molar-refractivity contribution in [1.29, 1.82) is 0 Å². The fourth-order valence-electron chi connectivity index (χ4n) is 9.53. The third kappa shape index (κ3) is 2.95. The minimum Gasteiger partial charge on any atom is -0.396 e. The largest absolute Gasteiger partial charge is 0.396 e. The highest BCUT2D eigenvalue weighted by molar-refractivity contribution is 5.13. The number of aliphatic hydroxyl groups is 2. The molecule has 10 atom stereocenters. The summed E-state index contributed by atoms with van der Waals surface area (Å²) in [5.74, 6) is 5.05. The molecule has 5 unspecified atom stereocenters. The van der Waals surface area contributed by atoms with Gasteiger partial charge in [-0.15, -0.1) is 0 Å². The lowest BCUT2D eigenvalue weighted by Crippen LogP contribution is -2.60. The molecule has 4 aliphatic carbocycles. The van der Waals surface area contributed by atoms with Crippen molar-refractivity contribution in [3.63, 3.8) is 0 Å².